The fraction of sp³-hybridized carbons (Fsp3) is 0.158. The van der Waals surface area contributed by atoms with E-state index < -0.39 is 23.5 Å². The molecule has 0 atom stereocenters. The predicted molar refractivity (Wildman–Crippen MR) is 109 cm³/mol. The number of carbonyl (C=O) groups is 1. The lowest BCUT2D eigenvalue weighted by molar-refractivity contribution is -0.137. The van der Waals surface area contributed by atoms with Crippen molar-refractivity contribution in [3.05, 3.63) is 65.0 Å². The number of rotatable bonds is 5. The zero-order chi connectivity index (χ0) is 22.2. The minimum atomic E-state index is -4.48. The Morgan fingerprint density at radius 1 is 1.19 bits per heavy atom. The number of nitrogens with zero attached hydrogens (tertiary/aromatic N) is 5. The molecule has 0 spiro atoms. The second kappa shape index (κ2) is 8.27. The number of amides is 1. The Hall–Kier alpha value is -2.99. The summed E-state index contributed by atoms with van der Waals surface area (Å²) >= 11 is 2.31. The number of fused-ring (bicyclic) bond motifs is 1. The van der Waals surface area contributed by atoms with Gasteiger partial charge in [-0.15, -0.1) is 21.5 Å². The van der Waals surface area contributed by atoms with Crippen molar-refractivity contribution in [2.75, 3.05) is 4.90 Å². The number of hydrogen-bond donors (Lipinski definition) is 0. The molecule has 4 rings (SSSR count). The Bertz CT molecular complexity index is 1250. The van der Waals surface area contributed by atoms with Gasteiger partial charge in [0.25, 0.3) is 0 Å². The molecule has 12 heteroatoms. The van der Waals surface area contributed by atoms with Crippen LogP contribution in [0, 0.1) is 5.82 Å². The number of aromatic nitrogens is 4. The zero-order valence-corrected chi connectivity index (χ0v) is 17.4. The summed E-state index contributed by atoms with van der Waals surface area (Å²) in [5, 5.41) is 10.1. The topological polar surface area (TPSA) is 63.4 Å². The van der Waals surface area contributed by atoms with Crippen LogP contribution in [0.2, 0.25) is 0 Å². The minimum absolute atomic E-state index is 0.0895. The third-order valence-corrected chi connectivity index (χ3v) is 6.04. The number of pyridine rings is 1. The summed E-state index contributed by atoms with van der Waals surface area (Å²) in [7, 11) is 0. The summed E-state index contributed by atoms with van der Waals surface area (Å²) in [4.78, 5) is 17.7. The number of benzene rings is 1. The Morgan fingerprint density at radius 2 is 1.97 bits per heavy atom. The van der Waals surface area contributed by atoms with Gasteiger partial charge >= 0.3 is 6.18 Å². The van der Waals surface area contributed by atoms with Gasteiger partial charge < -0.3 is 0 Å². The minimum Gasteiger partial charge on any atom is -0.277 e. The van der Waals surface area contributed by atoms with Gasteiger partial charge in [-0.1, -0.05) is 23.9 Å². The van der Waals surface area contributed by atoms with Crippen LogP contribution < -0.4 is 4.90 Å². The average molecular weight is 467 g/mol. The summed E-state index contributed by atoms with van der Waals surface area (Å²) < 4.78 is 54.4. The first kappa shape index (κ1) is 21.2. The van der Waals surface area contributed by atoms with E-state index in [4.69, 9.17) is 0 Å². The molecule has 0 N–H and O–H groups in total. The van der Waals surface area contributed by atoms with Crippen molar-refractivity contribution in [2.45, 2.75) is 24.0 Å². The molecule has 1 aromatic carbocycles. The van der Waals surface area contributed by atoms with E-state index in [1.54, 1.807) is 11.4 Å². The molecule has 6 nitrogen and oxygen atoms in total. The SMILES string of the molecule is CC(=O)N(c1nc(CSc2nnc3ccc(C(F)(F)F)cn23)cs1)c1ccccc1F. The number of anilines is 2. The highest BCUT2D eigenvalue weighted by atomic mass is 32.2. The number of hydrogen-bond acceptors (Lipinski definition) is 6. The van der Waals surface area contributed by atoms with Crippen LogP contribution in [-0.4, -0.2) is 25.5 Å². The summed E-state index contributed by atoms with van der Waals surface area (Å²) in [6, 6.07) is 8.07. The van der Waals surface area contributed by atoms with Crippen LogP contribution in [0.4, 0.5) is 28.4 Å². The smallest absolute Gasteiger partial charge is 0.277 e. The monoisotopic (exact) mass is 467 g/mol. The maximum Gasteiger partial charge on any atom is 0.417 e. The van der Waals surface area contributed by atoms with Gasteiger partial charge in [0.05, 0.1) is 16.9 Å². The van der Waals surface area contributed by atoms with Crippen LogP contribution in [0.1, 0.15) is 18.2 Å². The highest BCUT2D eigenvalue weighted by molar-refractivity contribution is 7.98. The van der Waals surface area contributed by atoms with Crippen molar-refractivity contribution in [1.82, 2.24) is 19.6 Å². The van der Waals surface area contributed by atoms with Gasteiger partial charge in [0.15, 0.2) is 15.9 Å². The van der Waals surface area contributed by atoms with Gasteiger partial charge in [-0.3, -0.25) is 14.1 Å². The third kappa shape index (κ3) is 4.39. The number of carbonyl (C=O) groups excluding carboxylic acids is 1. The van der Waals surface area contributed by atoms with Crippen LogP contribution in [0.15, 0.2) is 53.1 Å². The van der Waals surface area contributed by atoms with Crippen molar-refractivity contribution in [1.29, 1.82) is 0 Å². The van der Waals surface area contributed by atoms with E-state index in [9.17, 15) is 22.4 Å². The zero-order valence-electron chi connectivity index (χ0n) is 15.8. The Kier molecular flexibility index (Phi) is 5.67. The Balaban J connectivity index is 1.56. The second-order valence-electron chi connectivity index (χ2n) is 6.34. The van der Waals surface area contributed by atoms with Crippen molar-refractivity contribution in [2.24, 2.45) is 0 Å². The summed E-state index contributed by atoms with van der Waals surface area (Å²) in [5.41, 5.74) is 0.138. The van der Waals surface area contributed by atoms with E-state index in [-0.39, 0.29) is 22.2 Å². The second-order valence-corrected chi connectivity index (χ2v) is 8.12. The van der Waals surface area contributed by atoms with E-state index in [1.165, 1.54) is 40.5 Å². The molecule has 0 unspecified atom stereocenters. The van der Waals surface area contributed by atoms with Gasteiger partial charge in [0, 0.05) is 24.3 Å². The average Bonchev–Trinajstić information content (AvgIpc) is 3.33. The Morgan fingerprint density at radius 3 is 2.68 bits per heavy atom. The van der Waals surface area contributed by atoms with E-state index in [0.29, 0.717) is 10.8 Å². The lowest BCUT2D eigenvalue weighted by Crippen LogP contribution is -2.23. The quantitative estimate of drug-likeness (QED) is 0.294. The number of alkyl halides is 3. The normalized spacial score (nSPS) is 11.8. The first-order chi connectivity index (χ1) is 14.7. The molecule has 0 radical (unpaired) electrons. The van der Waals surface area contributed by atoms with Gasteiger partial charge in [-0.25, -0.2) is 9.37 Å². The highest BCUT2D eigenvalue weighted by Crippen LogP contribution is 2.33. The summed E-state index contributed by atoms with van der Waals surface area (Å²) in [5.74, 6) is -0.683. The van der Waals surface area contributed by atoms with Crippen LogP contribution >= 0.6 is 23.1 Å². The van der Waals surface area contributed by atoms with E-state index >= 15 is 0 Å². The lowest BCUT2D eigenvalue weighted by atomic mass is 10.3. The third-order valence-electron chi connectivity index (χ3n) is 4.19. The standard InChI is InChI=1S/C19H13F4N5OS2/c1-11(29)28(15-5-3-2-4-14(15)20)17-24-13(9-30-17)10-31-18-26-25-16-7-6-12(8-27(16)18)19(21,22)23/h2-9H,10H2,1H3. The fourth-order valence-electron chi connectivity index (χ4n) is 2.78. The van der Waals surface area contributed by atoms with E-state index in [1.807, 2.05) is 0 Å². The molecule has 0 bridgehead atoms. The highest BCUT2D eigenvalue weighted by Gasteiger charge is 2.31. The largest absolute Gasteiger partial charge is 0.417 e. The van der Waals surface area contributed by atoms with Gasteiger partial charge in [0.2, 0.25) is 5.91 Å². The van der Waals surface area contributed by atoms with Crippen LogP contribution in [0.25, 0.3) is 5.65 Å². The summed E-state index contributed by atoms with van der Waals surface area (Å²) in [6.45, 7) is 1.31. The molecule has 4 aromatic rings. The first-order valence-electron chi connectivity index (χ1n) is 8.78. The van der Waals surface area contributed by atoms with Gasteiger partial charge in [-0.05, 0) is 24.3 Å². The molecule has 0 fully saturated rings. The summed E-state index contributed by atoms with van der Waals surface area (Å²) in [6.07, 6.45) is -3.53. The molecule has 0 aliphatic rings. The van der Waals surface area contributed by atoms with Crippen molar-refractivity contribution in [3.8, 4) is 0 Å². The molecule has 0 aliphatic carbocycles. The molecule has 3 heterocycles. The number of thiazole rings is 1. The molecule has 1 amide bonds. The van der Waals surface area contributed by atoms with Gasteiger partial charge in [0.1, 0.15) is 5.82 Å². The molecule has 0 saturated heterocycles. The first-order valence-corrected chi connectivity index (χ1v) is 10.6. The fourth-order valence-corrected chi connectivity index (χ4v) is 4.57. The molecule has 0 saturated carbocycles. The lowest BCUT2D eigenvalue weighted by Gasteiger charge is -2.18. The molecular formula is C19H13F4N5OS2. The van der Waals surface area contributed by atoms with Crippen LogP contribution in [0.3, 0.4) is 0 Å². The van der Waals surface area contributed by atoms with Gasteiger partial charge in [-0.2, -0.15) is 13.2 Å². The number of thioether (sulfide) groups is 1. The van der Waals surface area contributed by atoms with Crippen molar-refractivity contribution >= 4 is 45.5 Å². The maximum atomic E-state index is 14.2. The molecule has 160 valence electrons. The number of para-hydroxylation sites is 1. The number of halogens is 4. The molecular weight excluding hydrogens is 454 g/mol. The van der Waals surface area contributed by atoms with E-state index in [2.05, 4.69) is 15.2 Å². The van der Waals surface area contributed by atoms with Crippen molar-refractivity contribution in [3.63, 3.8) is 0 Å². The van der Waals surface area contributed by atoms with Crippen LogP contribution in [-0.2, 0) is 16.7 Å². The van der Waals surface area contributed by atoms with E-state index in [0.717, 1.165) is 35.4 Å². The molecule has 0 aliphatic heterocycles. The van der Waals surface area contributed by atoms with Crippen LogP contribution in [0.5, 0.6) is 0 Å². The molecule has 31 heavy (non-hydrogen) atoms. The maximum absolute atomic E-state index is 14.2. The van der Waals surface area contributed by atoms with Crippen molar-refractivity contribution < 1.29 is 22.4 Å². The predicted octanol–water partition coefficient (Wildman–Crippen LogP) is 5.32. The Labute approximate surface area is 181 Å². The molecule has 3 aromatic heterocycles.